The van der Waals surface area contributed by atoms with Gasteiger partial charge >= 0.3 is 0 Å². The number of ketones is 1. The molecule has 0 radical (unpaired) electrons. The molecule has 21 heavy (non-hydrogen) atoms. The third kappa shape index (κ3) is 6.74. The van der Waals surface area contributed by atoms with Gasteiger partial charge in [-0.05, 0) is 46.1 Å². The number of carbonyl (C=O) groups is 1. The van der Waals surface area contributed by atoms with E-state index in [1.165, 1.54) is 0 Å². The Labute approximate surface area is 128 Å². The number of benzene rings is 1. The van der Waals surface area contributed by atoms with Gasteiger partial charge in [-0.2, -0.15) is 0 Å². The quantitative estimate of drug-likeness (QED) is 0.620. The molecule has 1 aromatic carbocycles. The standard InChI is InChI=1S/C17H28N2O2/c1-5-10-19(12-11-18(3)4)13-14-21-17-9-7-6-8-16(17)15(2)20/h6-9H,5,10-14H2,1-4H3. The van der Waals surface area contributed by atoms with Gasteiger partial charge in [0, 0.05) is 19.6 Å². The highest BCUT2D eigenvalue weighted by molar-refractivity contribution is 5.96. The van der Waals surface area contributed by atoms with Gasteiger partial charge in [0.05, 0.1) is 5.56 Å². The lowest BCUT2D eigenvalue weighted by molar-refractivity contribution is 0.101. The van der Waals surface area contributed by atoms with E-state index in [9.17, 15) is 4.79 Å². The second kappa shape index (κ2) is 9.53. The minimum atomic E-state index is 0.0450. The second-order valence-corrected chi connectivity index (χ2v) is 5.55. The van der Waals surface area contributed by atoms with Crippen LogP contribution in [0.4, 0.5) is 0 Å². The fourth-order valence-electron chi connectivity index (χ4n) is 2.16. The molecule has 0 aromatic heterocycles. The number of hydrogen-bond donors (Lipinski definition) is 0. The fourth-order valence-corrected chi connectivity index (χ4v) is 2.16. The second-order valence-electron chi connectivity index (χ2n) is 5.55. The average Bonchev–Trinajstić information content (AvgIpc) is 2.45. The highest BCUT2D eigenvalue weighted by Gasteiger charge is 2.09. The lowest BCUT2D eigenvalue weighted by atomic mass is 10.1. The maximum Gasteiger partial charge on any atom is 0.163 e. The van der Waals surface area contributed by atoms with E-state index in [4.69, 9.17) is 4.74 Å². The van der Waals surface area contributed by atoms with Gasteiger partial charge in [-0.1, -0.05) is 19.1 Å². The van der Waals surface area contributed by atoms with E-state index < -0.39 is 0 Å². The summed E-state index contributed by atoms with van der Waals surface area (Å²) in [5, 5.41) is 0. The van der Waals surface area contributed by atoms with Gasteiger partial charge in [0.2, 0.25) is 0 Å². The number of Topliss-reactive ketones (excluding diaryl/α,β-unsaturated/α-hetero) is 1. The van der Waals surface area contributed by atoms with E-state index in [-0.39, 0.29) is 5.78 Å². The first-order valence-electron chi connectivity index (χ1n) is 7.64. The summed E-state index contributed by atoms with van der Waals surface area (Å²) in [6, 6.07) is 7.44. The van der Waals surface area contributed by atoms with Crippen LogP contribution >= 0.6 is 0 Å². The number of hydrogen-bond acceptors (Lipinski definition) is 4. The Bertz CT molecular complexity index is 433. The van der Waals surface area contributed by atoms with Crippen molar-refractivity contribution in [2.24, 2.45) is 0 Å². The van der Waals surface area contributed by atoms with Gasteiger partial charge in [0.1, 0.15) is 12.4 Å². The molecule has 0 unspecified atom stereocenters. The van der Waals surface area contributed by atoms with Gasteiger partial charge < -0.3 is 9.64 Å². The highest BCUT2D eigenvalue weighted by Crippen LogP contribution is 2.18. The molecular formula is C17H28N2O2. The lowest BCUT2D eigenvalue weighted by Crippen LogP contribution is -2.35. The number of carbonyl (C=O) groups excluding carboxylic acids is 1. The van der Waals surface area contributed by atoms with Crippen molar-refractivity contribution in [3.8, 4) is 5.75 Å². The van der Waals surface area contributed by atoms with Crippen LogP contribution in [-0.2, 0) is 0 Å². The van der Waals surface area contributed by atoms with E-state index in [1.54, 1.807) is 6.92 Å². The third-order valence-electron chi connectivity index (χ3n) is 3.33. The molecule has 0 N–H and O–H groups in total. The Hall–Kier alpha value is -1.39. The molecule has 4 heteroatoms. The molecule has 0 heterocycles. The number of para-hydroxylation sites is 1. The van der Waals surface area contributed by atoms with E-state index >= 15 is 0 Å². The van der Waals surface area contributed by atoms with Gasteiger partial charge in [-0.15, -0.1) is 0 Å². The Morgan fingerprint density at radius 1 is 1.10 bits per heavy atom. The van der Waals surface area contributed by atoms with E-state index in [0.29, 0.717) is 17.9 Å². The Kier molecular flexibility index (Phi) is 8.01. The molecule has 0 aliphatic heterocycles. The van der Waals surface area contributed by atoms with Crippen molar-refractivity contribution in [2.45, 2.75) is 20.3 Å². The Morgan fingerprint density at radius 3 is 2.43 bits per heavy atom. The van der Waals surface area contributed by atoms with Gasteiger partial charge in [-0.25, -0.2) is 0 Å². The van der Waals surface area contributed by atoms with Crippen LogP contribution in [0, 0.1) is 0 Å². The first kappa shape index (κ1) is 17.7. The van der Waals surface area contributed by atoms with Crippen LogP contribution in [0.1, 0.15) is 30.6 Å². The van der Waals surface area contributed by atoms with Crippen molar-refractivity contribution in [3.63, 3.8) is 0 Å². The van der Waals surface area contributed by atoms with Gasteiger partial charge in [-0.3, -0.25) is 9.69 Å². The summed E-state index contributed by atoms with van der Waals surface area (Å²) in [6.45, 7) is 8.41. The number of ether oxygens (including phenoxy) is 1. The zero-order valence-electron chi connectivity index (χ0n) is 13.8. The van der Waals surface area contributed by atoms with Gasteiger partial charge in [0.15, 0.2) is 5.78 Å². The van der Waals surface area contributed by atoms with Crippen molar-refractivity contribution in [2.75, 3.05) is 46.9 Å². The number of likely N-dealkylation sites (N-methyl/N-ethyl adjacent to an activating group) is 1. The molecule has 0 bridgehead atoms. The Morgan fingerprint density at radius 2 is 1.81 bits per heavy atom. The molecule has 1 rings (SSSR count). The lowest BCUT2D eigenvalue weighted by Gasteiger charge is -2.23. The molecule has 0 saturated heterocycles. The monoisotopic (exact) mass is 292 g/mol. The SMILES string of the molecule is CCCN(CCOc1ccccc1C(C)=O)CCN(C)C. The van der Waals surface area contributed by atoms with Crippen molar-refractivity contribution in [1.82, 2.24) is 9.80 Å². The zero-order valence-corrected chi connectivity index (χ0v) is 13.8. The molecule has 0 saturated carbocycles. The average molecular weight is 292 g/mol. The molecule has 118 valence electrons. The summed E-state index contributed by atoms with van der Waals surface area (Å²) in [5.41, 5.74) is 0.660. The predicted octanol–water partition coefficient (Wildman–Crippen LogP) is 2.54. The molecule has 0 spiro atoms. The minimum Gasteiger partial charge on any atom is -0.491 e. The maximum atomic E-state index is 11.5. The van der Waals surface area contributed by atoms with E-state index in [1.807, 2.05) is 24.3 Å². The molecule has 1 aromatic rings. The predicted molar refractivity (Wildman–Crippen MR) is 87.2 cm³/mol. The molecular weight excluding hydrogens is 264 g/mol. The fraction of sp³-hybridized carbons (Fsp3) is 0.588. The van der Waals surface area contributed by atoms with Crippen molar-refractivity contribution < 1.29 is 9.53 Å². The molecule has 0 atom stereocenters. The van der Waals surface area contributed by atoms with Crippen LogP contribution in [-0.4, -0.2) is 62.5 Å². The first-order valence-corrected chi connectivity index (χ1v) is 7.64. The van der Waals surface area contributed by atoms with Crippen molar-refractivity contribution >= 4 is 5.78 Å². The summed E-state index contributed by atoms with van der Waals surface area (Å²) in [5.74, 6) is 0.734. The topological polar surface area (TPSA) is 32.8 Å². The maximum absolute atomic E-state index is 11.5. The van der Waals surface area contributed by atoms with Crippen LogP contribution in [0.3, 0.4) is 0 Å². The number of rotatable bonds is 10. The molecule has 0 aliphatic carbocycles. The van der Waals surface area contributed by atoms with Crippen LogP contribution in [0.5, 0.6) is 5.75 Å². The number of nitrogens with zero attached hydrogens (tertiary/aromatic N) is 2. The normalized spacial score (nSPS) is 11.1. The van der Waals surface area contributed by atoms with Crippen LogP contribution in [0.25, 0.3) is 0 Å². The Balaban J connectivity index is 2.48. The van der Waals surface area contributed by atoms with Crippen LogP contribution in [0.15, 0.2) is 24.3 Å². The smallest absolute Gasteiger partial charge is 0.163 e. The van der Waals surface area contributed by atoms with Crippen LogP contribution in [0.2, 0.25) is 0 Å². The minimum absolute atomic E-state index is 0.0450. The molecule has 4 nitrogen and oxygen atoms in total. The third-order valence-corrected chi connectivity index (χ3v) is 3.33. The largest absolute Gasteiger partial charge is 0.491 e. The summed E-state index contributed by atoms with van der Waals surface area (Å²) >= 11 is 0. The highest BCUT2D eigenvalue weighted by atomic mass is 16.5. The van der Waals surface area contributed by atoms with E-state index in [2.05, 4.69) is 30.8 Å². The molecule has 0 amide bonds. The first-order chi connectivity index (χ1) is 10.0. The summed E-state index contributed by atoms with van der Waals surface area (Å²) in [7, 11) is 4.17. The van der Waals surface area contributed by atoms with Gasteiger partial charge in [0.25, 0.3) is 0 Å². The molecule has 0 fully saturated rings. The van der Waals surface area contributed by atoms with Crippen LogP contribution < -0.4 is 4.74 Å². The van der Waals surface area contributed by atoms with Crippen molar-refractivity contribution in [3.05, 3.63) is 29.8 Å². The zero-order chi connectivity index (χ0) is 15.7. The summed E-state index contributed by atoms with van der Waals surface area (Å²) in [4.78, 5) is 16.1. The van der Waals surface area contributed by atoms with E-state index in [0.717, 1.165) is 32.6 Å². The van der Waals surface area contributed by atoms with Crippen molar-refractivity contribution in [1.29, 1.82) is 0 Å². The summed E-state index contributed by atoms with van der Waals surface area (Å²) in [6.07, 6.45) is 1.14. The molecule has 0 aliphatic rings. The summed E-state index contributed by atoms with van der Waals surface area (Å²) < 4.78 is 5.81.